The zero-order valence-electron chi connectivity index (χ0n) is 4.11. The smallest absolute Gasteiger partial charge is 0.126 e. The minimum atomic E-state index is 0.667. The fourth-order valence-corrected chi connectivity index (χ4v) is 0.618. The first-order chi connectivity index (χ1) is 3.30. The van der Waals surface area contributed by atoms with Crippen LogP contribution in [0.4, 0.5) is 0 Å². The van der Waals surface area contributed by atoms with E-state index >= 15 is 0 Å². The summed E-state index contributed by atoms with van der Waals surface area (Å²) in [6, 6.07) is 0. The molecule has 1 heterocycles. The van der Waals surface area contributed by atoms with Crippen LogP contribution in [-0.4, -0.2) is 11.7 Å². The van der Waals surface area contributed by atoms with Crippen molar-refractivity contribution < 1.29 is 0 Å². The number of nitrogens with zero attached hydrogens (tertiary/aromatic N) is 1. The maximum atomic E-state index is 5.54. The van der Waals surface area contributed by atoms with E-state index < -0.39 is 0 Å². The summed E-state index contributed by atoms with van der Waals surface area (Å²) in [5, 5.41) is 0.667. The van der Waals surface area contributed by atoms with Crippen LogP contribution in [0.25, 0.3) is 0 Å². The summed E-state index contributed by atoms with van der Waals surface area (Å²) in [6.45, 7) is 2.73. The monoisotopic (exact) mass is 115 g/mol. The van der Waals surface area contributed by atoms with E-state index in [0.29, 0.717) is 5.17 Å². The molecule has 0 aromatic carbocycles. The molecule has 0 spiro atoms. The van der Waals surface area contributed by atoms with Crippen LogP contribution in [0.3, 0.4) is 0 Å². The van der Waals surface area contributed by atoms with Gasteiger partial charge in [0, 0.05) is 0 Å². The van der Waals surface area contributed by atoms with Crippen LogP contribution in [0.5, 0.6) is 0 Å². The van der Waals surface area contributed by atoms with Crippen LogP contribution < -0.4 is 0 Å². The molecule has 0 aromatic rings. The third-order valence-corrected chi connectivity index (χ3v) is 1.37. The molecule has 0 unspecified atom stereocenters. The van der Waals surface area contributed by atoms with Crippen molar-refractivity contribution in [3.8, 4) is 0 Å². The highest BCUT2D eigenvalue weighted by Crippen LogP contribution is 2.07. The predicted molar refractivity (Wildman–Crippen MR) is 31.9 cm³/mol. The maximum absolute atomic E-state index is 5.54. The summed E-state index contributed by atoms with van der Waals surface area (Å²) in [7, 11) is 0. The van der Waals surface area contributed by atoms with Crippen molar-refractivity contribution in [3.05, 3.63) is 11.6 Å². The first-order valence-electron chi connectivity index (χ1n) is 2.18. The third kappa shape index (κ3) is 0.829. The van der Waals surface area contributed by atoms with Crippen molar-refractivity contribution in [3.63, 3.8) is 0 Å². The summed E-state index contributed by atoms with van der Waals surface area (Å²) in [5.74, 6) is 0. The van der Waals surface area contributed by atoms with Gasteiger partial charge in [-0.1, -0.05) is 17.7 Å². The lowest BCUT2D eigenvalue weighted by Crippen LogP contribution is -1.79. The largest absolute Gasteiger partial charge is 0.269 e. The van der Waals surface area contributed by atoms with Crippen LogP contribution >= 0.6 is 11.6 Å². The van der Waals surface area contributed by atoms with Crippen LogP contribution in [0.2, 0.25) is 0 Å². The first kappa shape index (κ1) is 4.85. The third-order valence-electron chi connectivity index (χ3n) is 0.953. The highest BCUT2D eigenvalue weighted by atomic mass is 35.5. The Morgan fingerprint density at radius 2 is 2.57 bits per heavy atom. The van der Waals surface area contributed by atoms with Gasteiger partial charge < -0.3 is 0 Å². The molecule has 0 amide bonds. The molecule has 0 saturated heterocycles. The second-order valence-electron chi connectivity index (χ2n) is 1.52. The Bertz CT molecular complexity index is 119. The van der Waals surface area contributed by atoms with E-state index in [9.17, 15) is 0 Å². The Labute approximate surface area is 47.7 Å². The second-order valence-corrected chi connectivity index (χ2v) is 1.88. The zero-order chi connectivity index (χ0) is 5.28. The minimum absolute atomic E-state index is 0.667. The number of aliphatic imine (C=N–C) groups is 1. The fourth-order valence-electron chi connectivity index (χ4n) is 0.472. The molecule has 1 nitrogen and oxygen atoms in total. The van der Waals surface area contributed by atoms with Crippen LogP contribution in [0, 0.1) is 0 Å². The Hall–Kier alpha value is -0.300. The number of halogens is 1. The van der Waals surface area contributed by atoms with Gasteiger partial charge in [0.05, 0.1) is 6.54 Å². The van der Waals surface area contributed by atoms with Crippen molar-refractivity contribution >= 4 is 16.8 Å². The van der Waals surface area contributed by atoms with Gasteiger partial charge in [-0.05, 0) is 12.5 Å². The molecule has 0 aliphatic carbocycles. The predicted octanol–water partition coefficient (Wildman–Crippen LogP) is 1.58. The van der Waals surface area contributed by atoms with Gasteiger partial charge in [0.1, 0.15) is 5.17 Å². The molecule has 1 aliphatic rings. The molecule has 1 aliphatic heterocycles. The highest BCUT2D eigenvalue weighted by molar-refractivity contribution is 6.69. The number of hydrogen-bond donors (Lipinski definition) is 0. The lowest BCUT2D eigenvalue weighted by atomic mass is 10.3. The first-order valence-corrected chi connectivity index (χ1v) is 2.55. The van der Waals surface area contributed by atoms with Crippen molar-refractivity contribution in [2.45, 2.75) is 6.92 Å². The van der Waals surface area contributed by atoms with Crippen molar-refractivity contribution in [1.29, 1.82) is 0 Å². The minimum Gasteiger partial charge on any atom is -0.269 e. The summed E-state index contributed by atoms with van der Waals surface area (Å²) < 4.78 is 0. The zero-order valence-corrected chi connectivity index (χ0v) is 4.87. The lowest BCUT2D eigenvalue weighted by Gasteiger charge is -1.82. The Balaban J connectivity index is 2.78. The number of rotatable bonds is 0. The molecule has 0 fully saturated rings. The van der Waals surface area contributed by atoms with E-state index in [1.807, 2.05) is 13.0 Å². The molecule has 7 heavy (non-hydrogen) atoms. The van der Waals surface area contributed by atoms with E-state index in [4.69, 9.17) is 11.6 Å². The van der Waals surface area contributed by atoms with Gasteiger partial charge in [-0.3, -0.25) is 4.99 Å². The Morgan fingerprint density at radius 1 is 1.86 bits per heavy atom. The van der Waals surface area contributed by atoms with Gasteiger partial charge in [-0.2, -0.15) is 0 Å². The van der Waals surface area contributed by atoms with E-state index in [1.165, 1.54) is 0 Å². The Kier molecular flexibility index (Phi) is 1.15. The SMILES string of the molecule is CC1=CCN=C1Cl. The quantitative estimate of drug-likeness (QED) is 0.455. The molecule has 0 bridgehead atoms. The van der Waals surface area contributed by atoms with Crippen molar-refractivity contribution in [2.24, 2.45) is 4.99 Å². The molecule has 0 atom stereocenters. The van der Waals surface area contributed by atoms with E-state index in [2.05, 4.69) is 4.99 Å². The molecule has 38 valence electrons. The van der Waals surface area contributed by atoms with Gasteiger partial charge >= 0.3 is 0 Å². The molecule has 2 heteroatoms. The number of allylic oxidation sites excluding steroid dienone is 1. The average molecular weight is 116 g/mol. The van der Waals surface area contributed by atoms with E-state index in [-0.39, 0.29) is 0 Å². The molecule has 1 rings (SSSR count). The molecule has 0 aromatic heterocycles. The maximum Gasteiger partial charge on any atom is 0.126 e. The normalized spacial score (nSPS) is 19.1. The van der Waals surface area contributed by atoms with Gasteiger partial charge in [0.25, 0.3) is 0 Å². The molecule has 0 N–H and O–H groups in total. The number of hydrogen-bond acceptors (Lipinski definition) is 1. The fraction of sp³-hybridized carbons (Fsp3) is 0.400. The molecular formula is C5H6ClN. The van der Waals surface area contributed by atoms with Crippen molar-refractivity contribution in [2.75, 3.05) is 6.54 Å². The standard InChI is InChI=1S/C5H6ClN/c1-4-2-3-7-5(4)6/h2H,3H2,1H3. The highest BCUT2D eigenvalue weighted by Gasteiger charge is 2.00. The van der Waals surface area contributed by atoms with Gasteiger partial charge in [0.2, 0.25) is 0 Å². The average Bonchev–Trinajstić information content (AvgIpc) is 1.91. The van der Waals surface area contributed by atoms with Crippen molar-refractivity contribution in [1.82, 2.24) is 0 Å². The summed E-state index contributed by atoms with van der Waals surface area (Å²) in [4.78, 5) is 3.91. The van der Waals surface area contributed by atoms with Crippen LogP contribution in [0.1, 0.15) is 6.92 Å². The topological polar surface area (TPSA) is 12.4 Å². The van der Waals surface area contributed by atoms with Crippen LogP contribution in [0.15, 0.2) is 16.6 Å². The van der Waals surface area contributed by atoms with Gasteiger partial charge in [-0.25, -0.2) is 0 Å². The molecular weight excluding hydrogens is 110 g/mol. The second kappa shape index (κ2) is 1.66. The molecule has 0 radical (unpaired) electrons. The van der Waals surface area contributed by atoms with E-state index in [0.717, 1.165) is 12.1 Å². The molecule has 0 saturated carbocycles. The summed E-state index contributed by atoms with van der Waals surface area (Å²) in [6.07, 6.45) is 2.00. The van der Waals surface area contributed by atoms with E-state index in [1.54, 1.807) is 0 Å². The Morgan fingerprint density at radius 3 is 2.71 bits per heavy atom. The van der Waals surface area contributed by atoms with Gasteiger partial charge in [-0.15, -0.1) is 0 Å². The van der Waals surface area contributed by atoms with Gasteiger partial charge in [0.15, 0.2) is 0 Å². The lowest BCUT2D eigenvalue weighted by molar-refractivity contribution is 1.29. The summed E-state index contributed by atoms with van der Waals surface area (Å²) in [5.41, 5.74) is 1.10. The van der Waals surface area contributed by atoms with Crippen LogP contribution in [-0.2, 0) is 0 Å². The summed E-state index contributed by atoms with van der Waals surface area (Å²) >= 11 is 5.54.